The van der Waals surface area contributed by atoms with Crippen LogP contribution in [0.4, 0.5) is 0 Å². The van der Waals surface area contributed by atoms with Gasteiger partial charge in [0.15, 0.2) is 0 Å². The molecule has 1 rings (SSSR count). The van der Waals surface area contributed by atoms with E-state index >= 15 is 0 Å². The van der Waals surface area contributed by atoms with E-state index in [1.807, 2.05) is 11.5 Å². The highest BCUT2D eigenvalue weighted by atomic mass is 33.1. The van der Waals surface area contributed by atoms with Gasteiger partial charge < -0.3 is 0 Å². The fourth-order valence-electron chi connectivity index (χ4n) is 0.238. The van der Waals surface area contributed by atoms with Crippen LogP contribution in [-0.2, 0) is 0 Å². The van der Waals surface area contributed by atoms with Gasteiger partial charge in [0.2, 0.25) is 0 Å². The Labute approximate surface area is 46.6 Å². The second-order valence-electron chi connectivity index (χ2n) is 0.986. The molecular weight excluding hydrogens is 111 g/mol. The van der Waals surface area contributed by atoms with E-state index < -0.39 is 0 Å². The molecule has 0 aromatic carbocycles. The van der Waals surface area contributed by atoms with E-state index in [1.165, 1.54) is 0 Å². The van der Waals surface area contributed by atoms with Crippen molar-refractivity contribution in [3.63, 3.8) is 0 Å². The number of hydrogen-bond acceptors (Lipinski definition) is 2. The van der Waals surface area contributed by atoms with Crippen LogP contribution in [0.2, 0.25) is 0 Å². The quantitative estimate of drug-likeness (QED) is 0.344. The van der Waals surface area contributed by atoms with Crippen LogP contribution in [0.3, 0.4) is 0 Å². The largest absolute Gasteiger partial charge is 0.0918 e. The Balaban J connectivity index is 2.38. The first-order chi connectivity index (χ1) is 2.89. The lowest BCUT2D eigenvalue weighted by Gasteiger charge is -1.88. The maximum absolute atomic E-state index is 5.39. The highest BCUT2D eigenvalue weighted by Crippen LogP contribution is 2.33. The normalized spacial score (nSPS) is 31.7. The molecular formula is C3H3BS2. The molecule has 0 bridgehead atoms. The average Bonchev–Trinajstić information content (AvgIpc) is 1.86. The van der Waals surface area contributed by atoms with Gasteiger partial charge in [-0.05, 0) is 10.6 Å². The van der Waals surface area contributed by atoms with Crippen molar-refractivity contribution < 1.29 is 0 Å². The third-order valence-electron chi connectivity index (χ3n) is 0.490. The summed E-state index contributed by atoms with van der Waals surface area (Å²) in [6, 6.07) is 0. The van der Waals surface area contributed by atoms with E-state index in [0.717, 1.165) is 0 Å². The zero-order valence-corrected chi connectivity index (χ0v) is 4.76. The predicted molar refractivity (Wildman–Crippen MR) is 33.9 cm³/mol. The molecule has 2 radical (unpaired) electrons. The molecule has 0 aromatic rings. The van der Waals surface area contributed by atoms with Crippen LogP contribution in [-0.4, -0.2) is 13.0 Å². The first-order valence-electron chi connectivity index (χ1n) is 1.64. The Morgan fingerprint density at radius 1 is 1.67 bits per heavy atom. The topological polar surface area (TPSA) is 0 Å². The van der Waals surface area contributed by atoms with Gasteiger partial charge in [-0.25, -0.2) is 0 Å². The Hall–Kier alpha value is 0.505. The first-order valence-corrected chi connectivity index (χ1v) is 3.91. The Kier molecular flexibility index (Phi) is 1.54. The van der Waals surface area contributed by atoms with E-state index in [1.54, 1.807) is 21.6 Å². The summed E-state index contributed by atoms with van der Waals surface area (Å²) in [5.41, 5.74) is 0. The lowest BCUT2D eigenvalue weighted by Crippen LogP contribution is -1.87. The van der Waals surface area contributed by atoms with Crippen molar-refractivity contribution in [1.82, 2.24) is 0 Å². The van der Waals surface area contributed by atoms with Gasteiger partial charge in [0.05, 0.1) is 7.85 Å². The zero-order valence-electron chi connectivity index (χ0n) is 3.13. The van der Waals surface area contributed by atoms with Crippen LogP contribution in [0.25, 0.3) is 0 Å². The Bertz CT molecular complexity index is 71.2. The van der Waals surface area contributed by atoms with Crippen molar-refractivity contribution >= 4 is 29.4 Å². The smallest absolute Gasteiger partial charge is 0.0915 e. The van der Waals surface area contributed by atoms with Gasteiger partial charge in [-0.1, -0.05) is 27.7 Å². The van der Waals surface area contributed by atoms with Crippen LogP contribution < -0.4 is 0 Å². The fraction of sp³-hybridized carbons (Fsp3) is 0.333. The molecule has 0 aromatic heterocycles. The summed E-state index contributed by atoms with van der Waals surface area (Å²) in [6.07, 6.45) is 1.98. The minimum Gasteiger partial charge on any atom is -0.0918 e. The SMILES string of the molecule is [B]C1C=CSS1. The summed E-state index contributed by atoms with van der Waals surface area (Å²) in [5, 5.41) is 2.25. The third-order valence-corrected chi connectivity index (χ3v) is 2.58. The van der Waals surface area contributed by atoms with Crippen LogP contribution in [0.1, 0.15) is 0 Å². The molecule has 6 heavy (non-hydrogen) atoms. The molecule has 3 heteroatoms. The first kappa shape index (κ1) is 4.66. The summed E-state index contributed by atoms with van der Waals surface area (Å²) in [5.74, 6) is 0. The Morgan fingerprint density at radius 3 is 2.67 bits per heavy atom. The van der Waals surface area contributed by atoms with Gasteiger partial charge in [0, 0.05) is 0 Å². The predicted octanol–water partition coefficient (Wildman–Crippen LogP) is 1.39. The molecule has 0 N–H and O–H groups in total. The summed E-state index contributed by atoms with van der Waals surface area (Å²) >= 11 is 0. The van der Waals surface area contributed by atoms with Crippen molar-refractivity contribution in [2.75, 3.05) is 0 Å². The van der Waals surface area contributed by atoms with Gasteiger partial charge in [-0.3, -0.25) is 0 Å². The molecule has 30 valence electrons. The molecule has 0 aliphatic carbocycles. The zero-order chi connectivity index (χ0) is 4.41. The molecule has 0 fully saturated rings. The van der Waals surface area contributed by atoms with Crippen molar-refractivity contribution in [3.05, 3.63) is 11.5 Å². The Morgan fingerprint density at radius 2 is 2.50 bits per heavy atom. The van der Waals surface area contributed by atoms with Crippen LogP contribution in [0.5, 0.6) is 0 Å². The minimum atomic E-state index is 0.245. The molecule has 0 nitrogen and oxygen atoms in total. The maximum atomic E-state index is 5.39. The highest BCUT2D eigenvalue weighted by molar-refractivity contribution is 8.78. The third kappa shape index (κ3) is 0.983. The molecule has 0 amide bonds. The van der Waals surface area contributed by atoms with Crippen molar-refractivity contribution in [2.24, 2.45) is 0 Å². The molecule has 1 heterocycles. The number of rotatable bonds is 0. The molecule has 0 spiro atoms. The molecule has 1 atom stereocenters. The lowest BCUT2D eigenvalue weighted by atomic mass is 10.1. The van der Waals surface area contributed by atoms with Gasteiger partial charge in [-0.2, -0.15) is 0 Å². The molecule has 1 aliphatic heterocycles. The summed E-state index contributed by atoms with van der Waals surface area (Å²) < 4.78 is 0. The van der Waals surface area contributed by atoms with E-state index in [-0.39, 0.29) is 5.15 Å². The van der Waals surface area contributed by atoms with E-state index in [2.05, 4.69) is 0 Å². The van der Waals surface area contributed by atoms with Crippen molar-refractivity contribution in [3.8, 4) is 0 Å². The van der Waals surface area contributed by atoms with Crippen LogP contribution >= 0.6 is 21.6 Å². The minimum absolute atomic E-state index is 0.245. The number of hydrogen-bond donors (Lipinski definition) is 0. The highest BCUT2D eigenvalue weighted by Gasteiger charge is 2.00. The molecule has 0 saturated heterocycles. The summed E-state index contributed by atoms with van der Waals surface area (Å²) in [4.78, 5) is 0. The summed E-state index contributed by atoms with van der Waals surface area (Å²) in [7, 11) is 8.76. The van der Waals surface area contributed by atoms with Crippen LogP contribution in [0.15, 0.2) is 11.5 Å². The van der Waals surface area contributed by atoms with Crippen molar-refractivity contribution in [1.29, 1.82) is 0 Å². The van der Waals surface area contributed by atoms with Crippen molar-refractivity contribution in [2.45, 2.75) is 5.15 Å². The standard InChI is InChI=1S/C3H3BS2/c4-3-1-2-5-6-3/h1-3H. The monoisotopic (exact) mass is 114 g/mol. The van der Waals surface area contributed by atoms with Gasteiger partial charge in [0.1, 0.15) is 0 Å². The molecule has 1 aliphatic rings. The summed E-state index contributed by atoms with van der Waals surface area (Å²) in [6.45, 7) is 0. The molecule has 1 unspecified atom stereocenters. The second-order valence-corrected chi connectivity index (χ2v) is 3.34. The van der Waals surface area contributed by atoms with Crippen LogP contribution in [0, 0.1) is 0 Å². The van der Waals surface area contributed by atoms with E-state index in [9.17, 15) is 0 Å². The maximum Gasteiger partial charge on any atom is 0.0915 e. The van der Waals surface area contributed by atoms with Gasteiger partial charge in [-0.15, -0.1) is 0 Å². The average molecular weight is 114 g/mol. The fourth-order valence-corrected chi connectivity index (χ4v) is 1.87. The lowest BCUT2D eigenvalue weighted by molar-refractivity contribution is 1.68. The van der Waals surface area contributed by atoms with Gasteiger partial charge >= 0.3 is 0 Å². The van der Waals surface area contributed by atoms with Gasteiger partial charge in [0.25, 0.3) is 0 Å². The van der Waals surface area contributed by atoms with E-state index in [0.29, 0.717) is 0 Å². The molecule has 0 saturated carbocycles. The second kappa shape index (κ2) is 1.98. The van der Waals surface area contributed by atoms with E-state index in [4.69, 9.17) is 7.85 Å².